The molecule has 1 aromatic carbocycles. The van der Waals surface area contributed by atoms with E-state index in [1.54, 1.807) is 33.0 Å². The summed E-state index contributed by atoms with van der Waals surface area (Å²) in [6, 6.07) is 13.1. The van der Waals surface area contributed by atoms with Crippen molar-refractivity contribution in [3.8, 4) is 11.4 Å². The van der Waals surface area contributed by atoms with Crippen LogP contribution >= 0.6 is 0 Å². The molecule has 0 aliphatic heterocycles. The van der Waals surface area contributed by atoms with Crippen LogP contribution < -0.4 is 4.72 Å². The molecule has 7 nitrogen and oxygen atoms in total. The first-order chi connectivity index (χ1) is 14.0. The van der Waals surface area contributed by atoms with E-state index in [0.717, 1.165) is 11.1 Å². The third kappa shape index (κ3) is 3.89. The third-order valence-electron chi connectivity index (χ3n) is 5.40. The maximum atomic E-state index is 12.5. The van der Waals surface area contributed by atoms with Crippen LogP contribution in [0.4, 0.5) is 0 Å². The Hall–Kier alpha value is -2.58. The van der Waals surface area contributed by atoms with Gasteiger partial charge < -0.3 is 4.52 Å². The van der Waals surface area contributed by atoms with E-state index in [1.807, 2.05) is 36.4 Å². The van der Waals surface area contributed by atoms with Crippen molar-refractivity contribution in [2.75, 3.05) is 0 Å². The molecule has 0 spiro atoms. The molecule has 2 aromatic heterocycles. The minimum absolute atomic E-state index is 0.0142. The maximum absolute atomic E-state index is 12.5. The summed E-state index contributed by atoms with van der Waals surface area (Å²) in [7, 11) is -3.66. The average Bonchev–Trinajstić information content (AvgIpc) is 3.01. The zero-order valence-electron chi connectivity index (χ0n) is 17.7. The molecule has 0 unspecified atom stereocenters. The van der Waals surface area contributed by atoms with Crippen molar-refractivity contribution in [1.29, 1.82) is 0 Å². The van der Waals surface area contributed by atoms with Gasteiger partial charge >= 0.3 is 0 Å². The predicted molar refractivity (Wildman–Crippen MR) is 113 cm³/mol. The molecule has 0 bridgehead atoms. The highest BCUT2D eigenvalue weighted by molar-refractivity contribution is 7.89. The smallest absolute Gasteiger partial charge is 0.258 e. The van der Waals surface area contributed by atoms with E-state index in [4.69, 9.17) is 4.52 Å². The summed E-state index contributed by atoms with van der Waals surface area (Å²) in [5.74, 6) is 1.34. The molecule has 4 rings (SSSR count). The second-order valence-electron chi connectivity index (χ2n) is 9.38. The fourth-order valence-electron chi connectivity index (χ4n) is 3.98. The maximum Gasteiger partial charge on any atom is 0.258 e. The van der Waals surface area contributed by atoms with Gasteiger partial charge in [-0.05, 0) is 37.8 Å². The van der Waals surface area contributed by atoms with Crippen molar-refractivity contribution in [2.45, 2.75) is 57.0 Å². The lowest BCUT2D eigenvalue weighted by Crippen LogP contribution is -2.40. The van der Waals surface area contributed by atoms with Crippen molar-refractivity contribution < 1.29 is 12.9 Å². The number of rotatable bonds is 5. The number of aromatic nitrogens is 3. The van der Waals surface area contributed by atoms with Gasteiger partial charge in [0.05, 0.1) is 5.92 Å². The summed E-state index contributed by atoms with van der Waals surface area (Å²) in [4.78, 5) is 8.83. The number of hydrogen-bond acceptors (Lipinski definition) is 6. The first-order valence-corrected chi connectivity index (χ1v) is 11.4. The summed E-state index contributed by atoms with van der Waals surface area (Å²) >= 11 is 0. The molecule has 1 saturated carbocycles. The zero-order chi connectivity index (χ0) is 21.7. The summed E-state index contributed by atoms with van der Waals surface area (Å²) in [6.45, 7) is 9.67. The number of benzene rings is 1. The quantitative estimate of drug-likeness (QED) is 0.659. The Morgan fingerprint density at radius 3 is 2.33 bits per heavy atom. The van der Waals surface area contributed by atoms with E-state index in [2.05, 4.69) is 33.7 Å². The van der Waals surface area contributed by atoms with Crippen LogP contribution in [0.25, 0.3) is 11.4 Å². The Balaban J connectivity index is 1.56. The Bertz CT molecular complexity index is 1150. The monoisotopic (exact) mass is 426 g/mol. The Kier molecular flexibility index (Phi) is 4.82. The molecular weight excluding hydrogens is 400 g/mol. The van der Waals surface area contributed by atoms with Crippen molar-refractivity contribution in [3.63, 3.8) is 0 Å². The van der Waals surface area contributed by atoms with Crippen molar-refractivity contribution >= 4 is 10.0 Å². The van der Waals surface area contributed by atoms with Gasteiger partial charge in [-0.15, -0.1) is 0 Å². The van der Waals surface area contributed by atoms with Gasteiger partial charge in [0.25, 0.3) is 10.0 Å². The molecule has 1 aliphatic rings. The topological polar surface area (TPSA) is 98.0 Å². The van der Waals surface area contributed by atoms with Crippen LogP contribution in [0.15, 0.2) is 58.2 Å². The van der Waals surface area contributed by atoms with Crippen LogP contribution in [-0.2, 0) is 10.0 Å². The van der Waals surface area contributed by atoms with Gasteiger partial charge in [0.1, 0.15) is 0 Å². The molecule has 158 valence electrons. The van der Waals surface area contributed by atoms with Gasteiger partial charge in [0.2, 0.25) is 11.7 Å². The van der Waals surface area contributed by atoms with Crippen molar-refractivity contribution in [2.24, 2.45) is 5.41 Å². The number of hydrogen-bond donors (Lipinski definition) is 1. The Morgan fingerprint density at radius 2 is 1.73 bits per heavy atom. The molecule has 2 atom stereocenters. The van der Waals surface area contributed by atoms with Crippen LogP contribution in [0, 0.1) is 5.41 Å². The summed E-state index contributed by atoms with van der Waals surface area (Å²) in [5, 5.41) is 4.15. The number of nitrogens with one attached hydrogen (secondary N) is 1. The molecule has 2 heterocycles. The molecule has 3 aromatic rings. The van der Waals surface area contributed by atoms with Crippen molar-refractivity contribution in [3.05, 3.63) is 60.1 Å². The fourth-order valence-corrected chi connectivity index (χ4v) is 5.33. The lowest BCUT2D eigenvalue weighted by Gasteiger charge is -2.19. The molecule has 0 amide bonds. The second kappa shape index (κ2) is 6.99. The largest absolute Gasteiger partial charge is 0.339 e. The van der Waals surface area contributed by atoms with Gasteiger partial charge in [-0.1, -0.05) is 55.4 Å². The fraction of sp³-hybridized carbons (Fsp3) is 0.409. The predicted octanol–water partition coefficient (Wildman–Crippen LogP) is 4.12. The third-order valence-corrected chi connectivity index (χ3v) is 7.07. The van der Waals surface area contributed by atoms with E-state index in [0.29, 0.717) is 11.7 Å². The number of pyridine rings is 1. The highest BCUT2D eigenvalue weighted by Gasteiger charge is 2.62. The molecular formula is C22H26N4O3S. The zero-order valence-corrected chi connectivity index (χ0v) is 18.6. The van der Waals surface area contributed by atoms with E-state index in [1.165, 1.54) is 0 Å². The Morgan fingerprint density at radius 1 is 1.03 bits per heavy atom. The minimum Gasteiger partial charge on any atom is -0.339 e. The molecule has 30 heavy (non-hydrogen) atoms. The van der Waals surface area contributed by atoms with Crippen LogP contribution in [-0.4, -0.2) is 29.1 Å². The van der Waals surface area contributed by atoms with Gasteiger partial charge in [-0.25, -0.2) is 18.1 Å². The van der Waals surface area contributed by atoms with Gasteiger partial charge in [0, 0.05) is 23.2 Å². The van der Waals surface area contributed by atoms with Gasteiger partial charge in [-0.2, -0.15) is 4.98 Å². The minimum atomic E-state index is -3.66. The van der Waals surface area contributed by atoms with Crippen LogP contribution in [0.5, 0.6) is 0 Å². The summed E-state index contributed by atoms with van der Waals surface area (Å²) in [6.07, 6.45) is 1.64. The molecule has 0 radical (unpaired) electrons. The molecule has 1 fully saturated rings. The average molecular weight is 427 g/mol. The lowest BCUT2D eigenvalue weighted by molar-refractivity contribution is 0.368. The van der Waals surface area contributed by atoms with E-state index in [-0.39, 0.29) is 22.3 Å². The van der Waals surface area contributed by atoms with Crippen LogP contribution in [0.3, 0.4) is 0 Å². The van der Waals surface area contributed by atoms with E-state index >= 15 is 0 Å². The molecule has 0 saturated heterocycles. The Labute approximate surface area is 177 Å². The molecule has 1 N–H and O–H groups in total. The highest BCUT2D eigenvalue weighted by Crippen LogP contribution is 2.69. The van der Waals surface area contributed by atoms with Gasteiger partial charge in [0.15, 0.2) is 5.03 Å². The molecule has 1 aliphatic carbocycles. The van der Waals surface area contributed by atoms with Gasteiger partial charge in [-0.3, -0.25) is 0 Å². The first-order valence-electron chi connectivity index (χ1n) is 9.88. The molecule has 8 heteroatoms. The second-order valence-corrected chi connectivity index (χ2v) is 11.0. The summed E-state index contributed by atoms with van der Waals surface area (Å²) < 4.78 is 33.2. The van der Waals surface area contributed by atoms with Crippen LogP contribution in [0.1, 0.15) is 57.9 Å². The van der Waals surface area contributed by atoms with Crippen LogP contribution in [0.2, 0.25) is 0 Å². The SMILES string of the molecule is CC(C)(C)NS(=O)(=O)c1ccc([C@H]2[C@H](c3nc(-c4ccccc4)no3)C2(C)C)cn1. The highest BCUT2D eigenvalue weighted by atomic mass is 32.2. The number of nitrogens with zero attached hydrogens (tertiary/aromatic N) is 3. The van der Waals surface area contributed by atoms with E-state index in [9.17, 15) is 8.42 Å². The standard InChI is InChI=1S/C22H26N4O3S/c1-21(2,3)26-30(27,28)16-12-11-15(13-23-16)17-18(22(17,4)5)20-24-19(25-29-20)14-9-7-6-8-10-14/h6-13,17-18,26H,1-5H3/t17-,18+/m0/s1. The summed E-state index contributed by atoms with van der Waals surface area (Å²) in [5.41, 5.74) is 1.20. The van der Waals surface area contributed by atoms with Crippen molar-refractivity contribution in [1.82, 2.24) is 19.8 Å². The van der Waals surface area contributed by atoms with E-state index < -0.39 is 15.6 Å². The lowest BCUT2D eigenvalue weighted by atomic mass is 10.1. The first kappa shape index (κ1) is 20.7. The normalized spacial score (nSPS) is 20.8. The number of sulfonamides is 1.